The second kappa shape index (κ2) is 3.80. The fourth-order valence-electron chi connectivity index (χ4n) is 1.01. The van der Waals surface area contributed by atoms with Gasteiger partial charge in [-0.25, -0.2) is 4.79 Å². The van der Waals surface area contributed by atoms with Gasteiger partial charge in [-0.15, -0.1) is 0 Å². The molecule has 0 aromatic carbocycles. The highest BCUT2D eigenvalue weighted by atomic mass is 16.4. The molecule has 1 aromatic heterocycles. The summed E-state index contributed by atoms with van der Waals surface area (Å²) in [5.41, 5.74) is 1.01. The lowest BCUT2D eigenvalue weighted by Gasteiger charge is -2.00. The highest BCUT2D eigenvalue weighted by Crippen LogP contribution is 2.07. The van der Waals surface area contributed by atoms with Crippen LogP contribution in [0.25, 0.3) is 0 Å². The molecule has 1 aromatic rings. The summed E-state index contributed by atoms with van der Waals surface area (Å²) in [6.07, 6.45) is 4.43. The van der Waals surface area contributed by atoms with E-state index in [0.29, 0.717) is 0 Å². The van der Waals surface area contributed by atoms with Gasteiger partial charge >= 0.3 is 5.97 Å². The zero-order valence-electron chi connectivity index (χ0n) is 6.82. The molecule has 0 fully saturated rings. The number of rotatable bonds is 3. The first-order valence-corrected chi connectivity index (χ1v) is 3.78. The van der Waals surface area contributed by atoms with Gasteiger partial charge in [0.05, 0.1) is 18.0 Å². The molecule has 1 N–H and O–H groups in total. The highest BCUT2D eigenvalue weighted by Gasteiger charge is 2.08. The van der Waals surface area contributed by atoms with Crippen molar-refractivity contribution >= 4 is 5.97 Å². The summed E-state index contributed by atoms with van der Waals surface area (Å²) in [6.45, 7) is 1.99. The van der Waals surface area contributed by atoms with Crippen LogP contribution in [-0.4, -0.2) is 21.3 Å². The second-order valence-electron chi connectivity index (χ2n) is 2.48. The minimum atomic E-state index is -0.937. The lowest BCUT2D eigenvalue weighted by Crippen LogP contribution is -2.04. The van der Waals surface area contributed by atoms with Gasteiger partial charge in [-0.2, -0.15) is 10.2 Å². The van der Waals surface area contributed by atoms with Crippen molar-refractivity contribution in [2.75, 3.05) is 0 Å². The summed E-state index contributed by atoms with van der Waals surface area (Å²) in [7, 11) is 0. The molecule has 0 amide bonds. The quantitative estimate of drug-likeness (QED) is 0.731. The Balaban J connectivity index is 3.00. The maximum Gasteiger partial charge on any atom is 0.337 e. The largest absolute Gasteiger partial charge is 0.478 e. The number of hydrogen-bond acceptors (Lipinski definition) is 3. The van der Waals surface area contributed by atoms with E-state index in [-0.39, 0.29) is 5.56 Å². The van der Waals surface area contributed by atoms with Gasteiger partial charge in [0.2, 0.25) is 0 Å². The van der Waals surface area contributed by atoms with Crippen molar-refractivity contribution < 1.29 is 9.90 Å². The Kier molecular flexibility index (Phi) is 2.74. The van der Waals surface area contributed by atoms with Crippen LogP contribution in [0.5, 0.6) is 0 Å². The molecule has 12 heavy (non-hydrogen) atoms. The first-order valence-electron chi connectivity index (χ1n) is 3.78. The Hall–Kier alpha value is -1.45. The average Bonchev–Trinajstić information content (AvgIpc) is 2.05. The molecule has 0 bridgehead atoms. The van der Waals surface area contributed by atoms with Crippen LogP contribution < -0.4 is 0 Å². The first-order chi connectivity index (χ1) is 5.75. The molecule has 64 valence electrons. The van der Waals surface area contributed by atoms with E-state index in [0.717, 1.165) is 18.4 Å². The molecule has 1 heterocycles. The van der Waals surface area contributed by atoms with E-state index < -0.39 is 5.97 Å². The van der Waals surface area contributed by atoms with E-state index >= 15 is 0 Å². The van der Waals surface area contributed by atoms with Gasteiger partial charge in [-0.3, -0.25) is 0 Å². The van der Waals surface area contributed by atoms with Crippen LogP contribution in [-0.2, 0) is 6.42 Å². The Morgan fingerprint density at radius 2 is 2.17 bits per heavy atom. The maximum atomic E-state index is 10.6. The van der Waals surface area contributed by atoms with E-state index in [2.05, 4.69) is 10.2 Å². The zero-order chi connectivity index (χ0) is 8.97. The third-order valence-corrected chi connectivity index (χ3v) is 1.56. The van der Waals surface area contributed by atoms with Crippen LogP contribution in [0.2, 0.25) is 0 Å². The molecule has 0 radical (unpaired) electrons. The number of aromatic nitrogens is 2. The van der Waals surface area contributed by atoms with E-state index in [4.69, 9.17) is 5.11 Å². The Labute approximate surface area is 70.3 Å². The van der Waals surface area contributed by atoms with Gasteiger partial charge < -0.3 is 5.11 Å². The minimum Gasteiger partial charge on any atom is -0.478 e. The first kappa shape index (κ1) is 8.64. The topological polar surface area (TPSA) is 63.1 Å². The molecule has 0 aliphatic heterocycles. The molecule has 0 unspecified atom stereocenters. The number of aromatic carboxylic acids is 1. The maximum absolute atomic E-state index is 10.6. The average molecular weight is 166 g/mol. The van der Waals surface area contributed by atoms with Crippen molar-refractivity contribution in [1.82, 2.24) is 10.2 Å². The molecule has 4 heteroatoms. The molecule has 1 rings (SSSR count). The SMILES string of the molecule is CCCc1cnncc1C(=O)O. The number of carboxylic acid groups (broad SMARTS) is 1. The summed E-state index contributed by atoms with van der Waals surface area (Å²) in [6, 6.07) is 0. The van der Waals surface area contributed by atoms with Crippen LogP contribution in [0.1, 0.15) is 29.3 Å². The smallest absolute Gasteiger partial charge is 0.337 e. The number of aryl methyl sites for hydroxylation is 1. The third-order valence-electron chi connectivity index (χ3n) is 1.56. The third kappa shape index (κ3) is 1.78. The summed E-state index contributed by atoms with van der Waals surface area (Å²) in [5, 5.41) is 15.9. The van der Waals surface area contributed by atoms with Crippen molar-refractivity contribution in [3.63, 3.8) is 0 Å². The lowest BCUT2D eigenvalue weighted by atomic mass is 10.1. The fraction of sp³-hybridized carbons (Fsp3) is 0.375. The van der Waals surface area contributed by atoms with Gasteiger partial charge in [-0.05, 0) is 12.0 Å². The van der Waals surface area contributed by atoms with E-state index in [9.17, 15) is 4.79 Å². The van der Waals surface area contributed by atoms with Crippen molar-refractivity contribution in [2.24, 2.45) is 0 Å². The monoisotopic (exact) mass is 166 g/mol. The van der Waals surface area contributed by atoms with Gasteiger partial charge in [-0.1, -0.05) is 13.3 Å². The van der Waals surface area contributed by atoms with Crippen molar-refractivity contribution in [2.45, 2.75) is 19.8 Å². The fourth-order valence-corrected chi connectivity index (χ4v) is 1.01. The van der Waals surface area contributed by atoms with Gasteiger partial charge in [0.25, 0.3) is 0 Å². The molecule has 0 saturated heterocycles. The Morgan fingerprint density at radius 3 is 2.75 bits per heavy atom. The van der Waals surface area contributed by atoms with Crippen molar-refractivity contribution in [1.29, 1.82) is 0 Å². The molecule has 0 saturated carbocycles. The van der Waals surface area contributed by atoms with E-state index in [1.54, 1.807) is 0 Å². The van der Waals surface area contributed by atoms with Crippen molar-refractivity contribution in [3.8, 4) is 0 Å². The van der Waals surface area contributed by atoms with E-state index in [1.165, 1.54) is 12.4 Å². The standard InChI is InChI=1S/C8H10N2O2/c1-2-3-6-4-9-10-5-7(6)8(11)12/h4-5H,2-3H2,1H3,(H,11,12). The number of carboxylic acids is 1. The molecule has 0 aliphatic carbocycles. The van der Waals surface area contributed by atoms with Crippen LogP contribution in [0.3, 0.4) is 0 Å². The molecule has 0 spiro atoms. The Morgan fingerprint density at radius 1 is 1.50 bits per heavy atom. The summed E-state index contributed by atoms with van der Waals surface area (Å²) in [4.78, 5) is 10.6. The molecule has 4 nitrogen and oxygen atoms in total. The molecular weight excluding hydrogens is 156 g/mol. The number of nitrogens with zero attached hydrogens (tertiary/aromatic N) is 2. The highest BCUT2D eigenvalue weighted by molar-refractivity contribution is 5.88. The zero-order valence-corrected chi connectivity index (χ0v) is 6.82. The van der Waals surface area contributed by atoms with Crippen molar-refractivity contribution in [3.05, 3.63) is 23.5 Å². The summed E-state index contributed by atoms with van der Waals surface area (Å²) < 4.78 is 0. The minimum absolute atomic E-state index is 0.256. The molecule has 0 atom stereocenters. The second-order valence-corrected chi connectivity index (χ2v) is 2.48. The molecular formula is C8H10N2O2. The predicted molar refractivity (Wildman–Crippen MR) is 43.0 cm³/mol. The predicted octanol–water partition coefficient (Wildman–Crippen LogP) is 1.13. The van der Waals surface area contributed by atoms with Gasteiger partial charge in [0, 0.05) is 0 Å². The van der Waals surface area contributed by atoms with Gasteiger partial charge in [0.15, 0.2) is 0 Å². The van der Waals surface area contributed by atoms with E-state index in [1.807, 2.05) is 6.92 Å². The van der Waals surface area contributed by atoms with Gasteiger partial charge in [0.1, 0.15) is 0 Å². The summed E-state index contributed by atoms with van der Waals surface area (Å²) in [5.74, 6) is -0.937. The number of carbonyl (C=O) groups is 1. The summed E-state index contributed by atoms with van der Waals surface area (Å²) >= 11 is 0. The Bertz CT molecular complexity index is 286. The number of hydrogen-bond donors (Lipinski definition) is 1. The van der Waals surface area contributed by atoms with Crippen LogP contribution in [0.15, 0.2) is 12.4 Å². The molecule has 0 aliphatic rings. The normalized spacial score (nSPS) is 9.75. The lowest BCUT2D eigenvalue weighted by molar-refractivity contribution is 0.0695. The van der Waals surface area contributed by atoms with Crippen LogP contribution in [0, 0.1) is 0 Å². The van der Waals surface area contributed by atoms with Crippen LogP contribution >= 0.6 is 0 Å². The van der Waals surface area contributed by atoms with Crippen LogP contribution in [0.4, 0.5) is 0 Å².